The number of fused-ring (bicyclic) bond motifs is 2. The first-order chi connectivity index (χ1) is 10.1. The molecule has 21 heavy (non-hydrogen) atoms. The Bertz CT molecular complexity index is 566. The summed E-state index contributed by atoms with van der Waals surface area (Å²) in [6, 6.07) is 8.57. The Kier molecular flexibility index (Phi) is 3.79. The number of allylic oxidation sites excluding steroid dienone is 4. The van der Waals surface area contributed by atoms with Crippen LogP contribution in [0.25, 0.3) is 5.57 Å². The van der Waals surface area contributed by atoms with E-state index in [-0.39, 0.29) is 0 Å². The molecule has 2 aliphatic carbocycles. The van der Waals surface area contributed by atoms with Gasteiger partial charge in [0.15, 0.2) is 0 Å². The molecule has 0 saturated heterocycles. The highest BCUT2D eigenvalue weighted by Gasteiger charge is 2.55. The smallest absolute Gasteiger partial charge is 0.0929 e. The van der Waals surface area contributed by atoms with Crippen LogP contribution in [-0.2, 0) is 5.60 Å². The van der Waals surface area contributed by atoms with Crippen LogP contribution in [0.1, 0.15) is 51.2 Å². The van der Waals surface area contributed by atoms with Crippen molar-refractivity contribution in [3.05, 3.63) is 53.6 Å². The molecule has 1 aromatic carbocycles. The first-order valence-corrected chi connectivity index (χ1v) is 8.22. The largest absolute Gasteiger partial charge is 0.385 e. The number of aliphatic hydroxyl groups is 1. The highest BCUT2D eigenvalue weighted by atomic mass is 16.3. The molecule has 0 radical (unpaired) electrons. The molecule has 4 unspecified atom stereocenters. The quantitative estimate of drug-likeness (QED) is 0.780. The lowest BCUT2D eigenvalue weighted by molar-refractivity contribution is -0.0226. The summed E-state index contributed by atoms with van der Waals surface area (Å²) in [5.41, 5.74) is 2.98. The van der Waals surface area contributed by atoms with E-state index in [1.165, 1.54) is 24.0 Å². The van der Waals surface area contributed by atoms with Gasteiger partial charge in [-0.2, -0.15) is 0 Å². The predicted octanol–water partition coefficient (Wildman–Crippen LogP) is 4.92. The van der Waals surface area contributed by atoms with Gasteiger partial charge in [-0.3, -0.25) is 0 Å². The van der Waals surface area contributed by atoms with E-state index in [2.05, 4.69) is 56.3 Å². The molecule has 112 valence electrons. The second-order valence-corrected chi connectivity index (χ2v) is 6.75. The van der Waals surface area contributed by atoms with E-state index in [9.17, 15) is 5.11 Å². The van der Waals surface area contributed by atoms with Gasteiger partial charge < -0.3 is 5.11 Å². The Morgan fingerprint density at radius 2 is 1.90 bits per heavy atom. The average molecular weight is 282 g/mol. The summed E-state index contributed by atoms with van der Waals surface area (Å²) in [6.45, 7) is 6.42. The van der Waals surface area contributed by atoms with Gasteiger partial charge in [0.1, 0.15) is 0 Å². The SMILES string of the molecule is C/C=C\C(=C/C)c1ccc(C2(O)CC3CCC2C3C)cc1. The summed E-state index contributed by atoms with van der Waals surface area (Å²) in [5, 5.41) is 11.2. The minimum absolute atomic E-state index is 0.449. The number of hydrogen-bond donors (Lipinski definition) is 1. The van der Waals surface area contributed by atoms with Crippen molar-refractivity contribution in [2.45, 2.75) is 45.6 Å². The molecule has 4 atom stereocenters. The topological polar surface area (TPSA) is 20.2 Å². The highest BCUT2D eigenvalue weighted by Crippen LogP contribution is 2.58. The van der Waals surface area contributed by atoms with E-state index < -0.39 is 5.60 Å². The van der Waals surface area contributed by atoms with Gasteiger partial charge in [0.05, 0.1) is 5.60 Å². The van der Waals surface area contributed by atoms with Gasteiger partial charge in [0.2, 0.25) is 0 Å². The zero-order valence-corrected chi connectivity index (χ0v) is 13.3. The number of hydrogen-bond acceptors (Lipinski definition) is 1. The van der Waals surface area contributed by atoms with Crippen molar-refractivity contribution in [1.29, 1.82) is 0 Å². The van der Waals surface area contributed by atoms with Crippen molar-refractivity contribution < 1.29 is 5.11 Å². The second kappa shape index (κ2) is 5.46. The third kappa shape index (κ3) is 2.28. The van der Waals surface area contributed by atoms with Crippen molar-refractivity contribution in [3.63, 3.8) is 0 Å². The molecular weight excluding hydrogens is 256 g/mol. The van der Waals surface area contributed by atoms with Crippen LogP contribution in [0.2, 0.25) is 0 Å². The maximum absolute atomic E-state index is 11.2. The van der Waals surface area contributed by atoms with Crippen LogP contribution < -0.4 is 0 Å². The van der Waals surface area contributed by atoms with E-state index in [4.69, 9.17) is 0 Å². The van der Waals surface area contributed by atoms with Crippen LogP contribution >= 0.6 is 0 Å². The van der Waals surface area contributed by atoms with Crippen LogP contribution in [0.15, 0.2) is 42.5 Å². The Morgan fingerprint density at radius 1 is 1.19 bits per heavy atom. The maximum atomic E-state index is 11.2. The van der Waals surface area contributed by atoms with Crippen LogP contribution in [0.3, 0.4) is 0 Å². The van der Waals surface area contributed by atoms with Crippen LogP contribution in [-0.4, -0.2) is 5.11 Å². The van der Waals surface area contributed by atoms with Gasteiger partial charge in [-0.1, -0.05) is 49.4 Å². The lowest BCUT2D eigenvalue weighted by Gasteiger charge is -2.33. The van der Waals surface area contributed by atoms with Gasteiger partial charge in [0, 0.05) is 0 Å². The van der Waals surface area contributed by atoms with Crippen molar-refractivity contribution in [2.24, 2.45) is 17.8 Å². The van der Waals surface area contributed by atoms with Gasteiger partial charge in [-0.25, -0.2) is 0 Å². The van der Waals surface area contributed by atoms with Crippen LogP contribution in [0.4, 0.5) is 0 Å². The normalized spacial score (nSPS) is 35.8. The van der Waals surface area contributed by atoms with E-state index in [1.54, 1.807) is 0 Å². The molecule has 1 N–H and O–H groups in total. The molecule has 2 aliphatic rings. The highest BCUT2D eigenvalue weighted by molar-refractivity contribution is 5.73. The monoisotopic (exact) mass is 282 g/mol. The molecule has 0 spiro atoms. The lowest BCUT2D eigenvalue weighted by Crippen LogP contribution is -2.32. The second-order valence-electron chi connectivity index (χ2n) is 6.75. The van der Waals surface area contributed by atoms with Gasteiger partial charge >= 0.3 is 0 Å². The van der Waals surface area contributed by atoms with E-state index in [1.807, 2.05) is 6.92 Å². The first kappa shape index (κ1) is 14.6. The van der Waals surface area contributed by atoms with Crippen molar-refractivity contribution in [1.82, 2.24) is 0 Å². The first-order valence-electron chi connectivity index (χ1n) is 8.22. The Morgan fingerprint density at radius 3 is 2.38 bits per heavy atom. The summed E-state index contributed by atoms with van der Waals surface area (Å²) < 4.78 is 0. The Hall–Kier alpha value is -1.34. The number of benzene rings is 1. The molecule has 1 heteroatoms. The van der Waals surface area contributed by atoms with Crippen molar-refractivity contribution in [2.75, 3.05) is 0 Å². The fourth-order valence-electron chi connectivity index (χ4n) is 4.58. The fraction of sp³-hybridized carbons (Fsp3) is 0.500. The van der Waals surface area contributed by atoms with E-state index >= 15 is 0 Å². The van der Waals surface area contributed by atoms with Gasteiger partial charge in [0.25, 0.3) is 0 Å². The van der Waals surface area contributed by atoms with Crippen LogP contribution in [0.5, 0.6) is 0 Å². The van der Waals surface area contributed by atoms with Crippen LogP contribution in [0, 0.1) is 17.8 Å². The van der Waals surface area contributed by atoms with E-state index in [0.29, 0.717) is 17.8 Å². The summed E-state index contributed by atoms with van der Waals surface area (Å²) in [4.78, 5) is 0. The number of rotatable bonds is 3. The molecule has 1 nitrogen and oxygen atoms in total. The van der Waals surface area contributed by atoms with E-state index in [0.717, 1.165) is 12.0 Å². The zero-order valence-electron chi connectivity index (χ0n) is 13.3. The molecule has 0 aliphatic heterocycles. The molecule has 0 heterocycles. The zero-order chi connectivity index (χ0) is 15.0. The van der Waals surface area contributed by atoms with Crippen molar-refractivity contribution >= 4 is 5.57 Å². The summed E-state index contributed by atoms with van der Waals surface area (Å²) in [6.07, 6.45) is 9.75. The minimum Gasteiger partial charge on any atom is -0.385 e. The predicted molar refractivity (Wildman–Crippen MR) is 88.8 cm³/mol. The average Bonchev–Trinajstić information content (AvgIpc) is 2.98. The lowest BCUT2D eigenvalue weighted by atomic mass is 9.78. The third-order valence-corrected chi connectivity index (χ3v) is 5.79. The molecule has 3 rings (SSSR count). The summed E-state index contributed by atoms with van der Waals surface area (Å²) >= 11 is 0. The Labute approximate surface area is 128 Å². The molecule has 0 amide bonds. The van der Waals surface area contributed by atoms with Gasteiger partial charge in [-0.15, -0.1) is 0 Å². The summed E-state index contributed by atoms with van der Waals surface area (Å²) in [7, 11) is 0. The fourth-order valence-corrected chi connectivity index (χ4v) is 4.58. The molecule has 2 saturated carbocycles. The summed E-state index contributed by atoms with van der Waals surface area (Å²) in [5.74, 6) is 1.84. The minimum atomic E-state index is -0.586. The Balaban J connectivity index is 1.88. The molecule has 2 fully saturated rings. The molecule has 0 aromatic heterocycles. The molecule has 2 bridgehead atoms. The molecular formula is C20H26O. The third-order valence-electron chi connectivity index (χ3n) is 5.79. The standard InChI is InChI=1S/C20H26O/c1-4-6-15(5-2)16-7-10-18(11-8-16)20(21)13-17-9-12-19(20)14(17)3/h4-8,10-11,14,17,19,21H,9,12-13H2,1-3H3/b6-4-,15-5+. The van der Waals surface area contributed by atoms with Crippen molar-refractivity contribution in [3.8, 4) is 0 Å². The molecule has 1 aromatic rings. The maximum Gasteiger partial charge on any atom is 0.0929 e. The van der Waals surface area contributed by atoms with Gasteiger partial charge in [-0.05, 0) is 67.6 Å².